The van der Waals surface area contributed by atoms with E-state index < -0.39 is 0 Å². The van der Waals surface area contributed by atoms with Gasteiger partial charge in [0.25, 0.3) is 0 Å². The number of ether oxygens (including phenoxy) is 1. The van der Waals surface area contributed by atoms with E-state index in [1.165, 1.54) is 78.0 Å². The van der Waals surface area contributed by atoms with Gasteiger partial charge in [-0.15, -0.1) is 0 Å². The third kappa shape index (κ3) is 6.30. The lowest BCUT2D eigenvalue weighted by atomic mass is 9.85. The lowest BCUT2D eigenvalue weighted by Crippen LogP contribution is -2.46. The zero-order chi connectivity index (χ0) is 44.4. The topological polar surface area (TPSA) is 27.1 Å². The molecule has 2 aliphatic heterocycles. The first-order valence-corrected chi connectivity index (χ1v) is 22.8. The van der Waals surface area contributed by atoms with Crippen LogP contribution in [0.5, 0.6) is 11.5 Å². The highest BCUT2D eigenvalue weighted by atomic mass is 16.5. The summed E-state index contributed by atoms with van der Waals surface area (Å²) in [5.41, 5.74) is 17.7. The number of quaternary nitrogens is 2. The van der Waals surface area contributed by atoms with Crippen molar-refractivity contribution in [2.45, 2.75) is 106 Å². The van der Waals surface area contributed by atoms with Gasteiger partial charge < -0.3 is 4.74 Å². The van der Waals surface area contributed by atoms with Crippen molar-refractivity contribution >= 4 is 44.6 Å². The zero-order valence-corrected chi connectivity index (χ0v) is 39.1. The molecule has 0 radical (unpaired) electrons. The van der Waals surface area contributed by atoms with E-state index in [0.29, 0.717) is 21.0 Å². The molecule has 5 heteroatoms. The Hall–Kier alpha value is -6.01. The van der Waals surface area contributed by atoms with E-state index in [0.717, 1.165) is 28.4 Å². The molecule has 6 aromatic carbocycles. The van der Waals surface area contributed by atoms with Crippen molar-refractivity contribution < 1.29 is 4.74 Å². The van der Waals surface area contributed by atoms with Gasteiger partial charge in [0, 0.05) is 59.4 Å². The Morgan fingerprint density at radius 3 is 1.86 bits per heavy atom. The number of benzene rings is 6. The van der Waals surface area contributed by atoms with Crippen LogP contribution >= 0.6 is 0 Å². The minimum atomic E-state index is -0.122. The number of hydrogen-bond acceptors (Lipinski definition) is 2. The van der Waals surface area contributed by atoms with E-state index in [1.54, 1.807) is 0 Å². The number of rotatable bonds is 8. The summed E-state index contributed by atoms with van der Waals surface area (Å²) < 4.78 is 10.6. The molecule has 0 saturated carbocycles. The van der Waals surface area contributed by atoms with Crippen molar-refractivity contribution in [3.63, 3.8) is 0 Å². The highest BCUT2D eigenvalue weighted by Gasteiger charge is 2.78. The first kappa shape index (κ1) is 41.0. The van der Waals surface area contributed by atoms with Gasteiger partial charge in [-0.25, -0.2) is 4.98 Å². The molecule has 2 atom stereocenters. The molecular formula is C58H61N4O+. The Kier molecular flexibility index (Phi) is 9.28. The average molecular weight is 830 g/mol. The largest absolute Gasteiger partial charge is 0.457 e. The molecular weight excluding hydrogens is 769 g/mol. The summed E-state index contributed by atoms with van der Waals surface area (Å²) in [6.45, 7) is 29.9. The van der Waals surface area contributed by atoms with Crippen LogP contribution in [-0.2, 0) is 10.8 Å². The number of pyridine rings is 1. The minimum absolute atomic E-state index is 0.00838. The summed E-state index contributed by atoms with van der Waals surface area (Å²) in [6, 6.07) is 47.5. The summed E-state index contributed by atoms with van der Waals surface area (Å²) >= 11 is 0. The van der Waals surface area contributed by atoms with Crippen molar-refractivity contribution in [1.29, 1.82) is 0 Å². The van der Waals surface area contributed by atoms with E-state index >= 15 is 0 Å². The molecule has 4 heterocycles. The second kappa shape index (κ2) is 14.3. The Bertz CT molecular complexity index is 3110. The van der Waals surface area contributed by atoms with Crippen LogP contribution < -0.4 is 13.9 Å². The van der Waals surface area contributed by atoms with Gasteiger partial charge in [-0.2, -0.15) is 9.18 Å². The molecule has 8 aromatic rings. The van der Waals surface area contributed by atoms with E-state index in [9.17, 15) is 0 Å². The Morgan fingerprint density at radius 1 is 0.556 bits per heavy atom. The lowest BCUT2D eigenvalue weighted by Gasteiger charge is -2.41. The van der Waals surface area contributed by atoms with Crippen LogP contribution in [0, 0.1) is 20.5 Å². The maximum absolute atomic E-state index is 7.06. The van der Waals surface area contributed by atoms with Gasteiger partial charge >= 0.3 is 0 Å². The minimum Gasteiger partial charge on any atom is -0.457 e. The first-order valence-electron chi connectivity index (χ1n) is 22.8. The molecule has 0 aliphatic carbocycles. The van der Waals surface area contributed by atoms with Crippen LogP contribution in [0.3, 0.4) is 0 Å². The zero-order valence-electron chi connectivity index (χ0n) is 39.1. The molecule has 5 nitrogen and oxygen atoms in total. The first-order chi connectivity index (χ1) is 29.9. The fourth-order valence-corrected chi connectivity index (χ4v) is 10.2. The van der Waals surface area contributed by atoms with Crippen LogP contribution in [0.15, 0.2) is 134 Å². The van der Waals surface area contributed by atoms with Crippen LogP contribution in [-0.4, -0.2) is 9.55 Å². The third-order valence-corrected chi connectivity index (χ3v) is 13.9. The fourth-order valence-electron chi connectivity index (χ4n) is 10.2. The van der Waals surface area contributed by atoms with Gasteiger partial charge in [0.1, 0.15) is 17.3 Å². The van der Waals surface area contributed by atoms with E-state index in [4.69, 9.17) is 9.72 Å². The maximum atomic E-state index is 7.06. The van der Waals surface area contributed by atoms with E-state index in [-0.39, 0.29) is 10.8 Å². The molecule has 0 spiro atoms. The molecule has 2 aromatic heterocycles. The quantitative estimate of drug-likeness (QED) is 0.0867. The summed E-state index contributed by atoms with van der Waals surface area (Å²) in [6.07, 6.45) is 1.94. The van der Waals surface area contributed by atoms with Crippen molar-refractivity contribution in [3.05, 3.63) is 174 Å². The molecule has 0 amide bonds. The molecule has 318 valence electrons. The van der Waals surface area contributed by atoms with Gasteiger partial charge in [0.2, 0.25) is 11.4 Å². The maximum Gasteiger partial charge on any atom is 0.225 e. The van der Waals surface area contributed by atoms with Gasteiger partial charge in [-0.1, -0.05) is 118 Å². The Balaban J connectivity index is 1.12. The van der Waals surface area contributed by atoms with Crippen LogP contribution in [0.25, 0.3) is 38.8 Å². The monoisotopic (exact) mass is 829 g/mol. The molecule has 1 fully saturated rings. The van der Waals surface area contributed by atoms with E-state index in [2.05, 4.69) is 222 Å². The molecule has 1 unspecified atom stereocenters. The lowest BCUT2D eigenvalue weighted by molar-refractivity contribution is 0.422. The van der Waals surface area contributed by atoms with Crippen molar-refractivity contribution in [3.8, 4) is 28.4 Å². The summed E-state index contributed by atoms with van der Waals surface area (Å²) in [7, 11) is 0. The second-order valence-electron chi connectivity index (χ2n) is 20.8. The Labute approximate surface area is 374 Å². The predicted octanol–water partition coefficient (Wildman–Crippen LogP) is 16.4. The number of aryl methyl sites for hydroxylation is 2. The predicted molar refractivity (Wildman–Crippen MR) is 266 cm³/mol. The highest BCUT2D eigenvalue weighted by Crippen LogP contribution is 2.76. The number of aromatic nitrogens is 2. The SMILES string of the molecule is Cc1cc2c(cc1C)[N@@+]1(c3cccc(-c4c(C(C)C)cccc4C(C)C)c3)[CH-][N+]21c1cc(Oc2ccc3c4ccccc4n(-c4cc(C(C)(C)C)ccn4)c3c2)cc(C(C)(C)C)c1. The summed E-state index contributed by atoms with van der Waals surface area (Å²) in [5.74, 6) is 3.34. The van der Waals surface area contributed by atoms with E-state index in [1.807, 2.05) is 6.20 Å². The smallest absolute Gasteiger partial charge is 0.225 e. The molecule has 1 saturated heterocycles. The molecule has 0 N–H and O–H groups in total. The van der Waals surface area contributed by atoms with Gasteiger partial charge in [0.15, 0.2) is 18.0 Å². The number of hydrogen-bond donors (Lipinski definition) is 0. The molecule has 10 rings (SSSR count). The van der Waals surface area contributed by atoms with Crippen LogP contribution in [0.4, 0.5) is 22.7 Å². The van der Waals surface area contributed by atoms with Gasteiger partial charge in [0.05, 0.1) is 11.0 Å². The average Bonchev–Trinajstić information content (AvgIpc) is 3.76. The highest BCUT2D eigenvalue weighted by molar-refractivity contribution is 6.09. The van der Waals surface area contributed by atoms with Crippen molar-refractivity contribution in [2.24, 2.45) is 0 Å². The molecule has 63 heavy (non-hydrogen) atoms. The molecule has 0 bridgehead atoms. The number of nitrogens with zero attached hydrogens (tertiary/aromatic N) is 4. The van der Waals surface area contributed by atoms with Gasteiger partial charge in [-0.05, 0) is 117 Å². The number of para-hydroxylation sites is 1. The fraction of sp³-hybridized carbons (Fsp3) is 0.276. The van der Waals surface area contributed by atoms with Crippen LogP contribution in [0.2, 0.25) is 0 Å². The third-order valence-electron chi connectivity index (χ3n) is 13.9. The van der Waals surface area contributed by atoms with Crippen molar-refractivity contribution in [2.75, 3.05) is 0 Å². The number of fused-ring (bicyclic) bond motifs is 7. The summed E-state index contributed by atoms with van der Waals surface area (Å²) in [4.78, 5) is 4.93. The Morgan fingerprint density at radius 2 is 1.19 bits per heavy atom. The second-order valence-corrected chi connectivity index (χ2v) is 20.8. The van der Waals surface area contributed by atoms with Gasteiger partial charge in [-0.3, -0.25) is 4.57 Å². The molecule has 2 aliphatic rings. The standard InChI is InChI=1S/C58H61N4O/c1-36(2)47-20-16-21-48(37(3)4)56(47)40-17-15-18-43(29-40)61-35-62(61,54-28-39(6)38(5)27-53(54)61)44-30-42(58(10,11)12)31-46(33-44)63-45-23-24-50-49-19-13-14-22-51(49)60(52(50)34-45)55-32-41(25-26-59-55)57(7,8)9/h13-37H,1-12H3/q+1/t61-,62?/m0/s1. The normalized spacial score (nSPS) is 18.2. The van der Waals surface area contributed by atoms with Crippen molar-refractivity contribution in [1.82, 2.24) is 18.7 Å². The summed E-state index contributed by atoms with van der Waals surface area (Å²) in [5, 5.41) is 2.37. The van der Waals surface area contributed by atoms with Crippen LogP contribution in [0.1, 0.15) is 114 Å².